The van der Waals surface area contributed by atoms with Gasteiger partial charge in [-0.2, -0.15) is 0 Å². The molecular formula is C20H22FNO. The second-order valence-electron chi connectivity index (χ2n) is 7.11. The van der Waals surface area contributed by atoms with Crippen LogP contribution in [-0.4, -0.2) is 5.91 Å². The molecule has 0 fully saturated rings. The van der Waals surface area contributed by atoms with Gasteiger partial charge in [-0.1, -0.05) is 19.9 Å². The molecule has 0 aliphatic heterocycles. The number of anilines is 1. The highest BCUT2D eigenvalue weighted by Gasteiger charge is 2.23. The standard InChI is InChI=1S/C20H22FNO/c1-20(2)11-9-14-3-4-16(13-15(14)10-12-20)19(23)22-18-7-5-17(21)6-8-18/h3-8,13H,9-12H2,1-2H3,(H,22,23). The first-order valence-electron chi connectivity index (χ1n) is 8.12. The van der Waals surface area contributed by atoms with Crippen LogP contribution in [0.1, 0.15) is 48.2 Å². The van der Waals surface area contributed by atoms with Crippen molar-refractivity contribution < 1.29 is 9.18 Å². The van der Waals surface area contributed by atoms with E-state index in [1.165, 1.54) is 29.7 Å². The predicted molar refractivity (Wildman–Crippen MR) is 91.2 cm³/mol. The lowest BCUT2D eigenvalue weighted by atomic mass is 9.85. The number of hydrogen-bond donors (Lipinski definition) is 1. The van der Waals surface area contributed by atoms with Crippen LogP contribution in [0.4, 0.5) is 10.1 Å². The van der Waals surface area contributed by atoms with Crippen molar-refractivity contribution in [2.45, 2.75) is 39.5 Å². The molecule has 0 saturated carbocycles. The third-order valence-electron chi connectivity index (χ3n) is 4.71. The number of aryl methyl sites for hydroxylation is 2. The van der Waals surface area contributed by atoms with Gasteiger partial charge in [0.25, 0.3) is 5.91 Å². The van der Waals surface area contributed by atoms with Crippen molar-refractivity contribution in [1.82, 2.24) is 0 Å². The van der Waals surface area contributed by atoms with E-state index in [-0.39, 0.29) is 11.7 Å². The topological polar surface area (TPSA) is 29.1 Å². The van der Waals surface area contributed by atoms with Gasteiger partial charge in [-0.3, -0.25) is 4.79 Å². The van der Waals surface area contributed by atoms with E-state index in [1.54, 1.807) is 12.1 Å². The Morgan fingerprint density at radius 2 is 1.65 bits per heavy atom. The van der Waals surface area contributed by atoms with Crippen molar-refractivity contribution in [3.63, 3.8) is 0 Å². The molecular weight excluding hydrogens is 289 g/mol. The quantitative estimate of drug-likeness (QED) is 0.778. The number of carbonyl (C=O) groups excluding carboxylic acids is 1. The summed E-state index contributed by atoms with van der Waals surface area (Å²) in [5.41, 5.74) is 4.26. The summed E-state index contributed by atoms with van der Waals surface area (Å²) in [6.07, 6.45) is 4.41. The molecule has 0 unspecified atom stereocenters. The van der Waals surface area contributed by atoms with E-state index in [9.17, 15) is 9.18 Å². The normalized spacial score (nSPS) is 16.3. The van der Waals surface area contributed by atoms with E-state index in [0.717, 1.165) is 19.3 Å². The maximum absolute atomic E-state index is 12.9. The Kier molecular flexibility index (Phi) is 4.20. The maximum atomic E-state index is 12.9. The number of halogens is 1. The fourth-order valence-electron chi connectivity index (χ4n) is 3.05. The Morgan fingerprint density at radius 3 is 2.35 bits per heavy atom. The van der Waals surface area contributed by atoms with E-state index in [2.05, 4.69) is 25.2 Å². The number of carbonyl (C=O) groups is 1. The van der Waals surface area contributed by atoms with E-state index in [0.29, 0.717) is 16.7 Å². The lowest BCUT2D eigenvalue weighted by molar-refractivity contribution is 0.102. The smallest absolute Gasteiger partial charge is 0.255 e. The minimum atomic E-state index is -0.310. The molecule has 23 heavy (non-hydrogen) atoms. The summed E-state index contributed by atoms with van der Waals surface area (Å²) >= 11 is 0. The first kappa shape index (κ1) is 15.7. The molecule has 1 aliphatic rings. The highest BCUT2D eigenvalue weighted by Crippen LogP contribution is 2.34. The van der Waals surface area contributed by atoms with Gasteiger partial charge in [0.15, 0.2) is 0 Å². The largest absolute Gasteiger partial charge is 0.322 e. The van der Waals surface area contributed by atoms with E-state index >= 15 is 0 Å². The summed E-state index contributed by atoms with van der Waals surface area (Å²) in [5, 5.41) is 2.82. The summed E-state index contributed by atoms with van der Waals surface area (Å²) in [6, 6.07) is 11.8. The van der Waals surface area contributed by atoms with Gasteiger partial charge in [-0.15, -0.1) is 0 Å². The third kappa shape index (κ3) is 3.79. The number of rotatable bonds is 2. The molecule has 0 saturated heterocycles. The van der Waals surface area contributed by atoms with Gasteiger partial charge in [0, 0.05) is 11.3 Å². The van der Waals surface area contributed by atoms with Gasteiger partial charge >= 0.3 is 0 Å². The van der Waals surface area contributed by atoms with Gasteiger partial charge < -0.3 is 5.32 Å². The Morgan fingerprint density at radius 1 is 1.00 bits per heavy atom. The fraction of sp³-hybridized carbons (Fsp3) is 0.350. The van der Waals surface area contributed by atoms with Crippen LogP contribution in [0.15, 0.2) is 42.5 Å². The van der Waals surface area contributed by atoms with Gasteiger partial charge in [0.2, 0.25) is 0 Å². The van der Waals surface area contributed by atoms with Crippen molar-refractivity contribution in [2.24, 2.45) is 5.41 Å². The van der Waals surface area contributed by atoms with Gasteiger partial charge in [0.1, 0.15) is 5.82 Å². The van der Waals surface area contributed by atoms with Crippen molar-refractivity contribution in [2.75, 3.05) is 5.32 Å². The third-order valence-corrected chi connectivity index (χ3v) is 4.71. The number of benzene rings is 2. The van der Waals surface area contributed by atoms with Gasteiger partial charge in [-0.05, 0) is 78.6 Å². The molecule has 1 aliphatic carbocycles. The molecule has 0 heterocycles. The molecule has 2 nitrogen and oxygen atoms in total. The summed E-state index contributed by atoms with van der Waals surface area (Å²) in [5.74, 6) is -0.460. The molecule has 0 atom stereocenters. The number of nitrogens with one attached hydrogen (secondary N) is 1. The first-order chi connectivity index (χ1) is 10.9. The van der Waals surface area contributed by atoms with Crippen molar-refractivity contribution in [1.29, 1.82) is 0 Å². The molecule has 1 amide bonds. The molecule has 3 rings (SSSR count). The second-order valence-corrected chi connectivity index (χ2v) is 7.11. The van der Waals surface area contributed by atoms with Crippen molar-refractivity contribution in [3.8, 4) is 0 Å². The van der Waals surface area contributed by atoms with Crippen LogP contribution < -0.4 is 5.32 Å². The molecule has 0 radical (unpaired) electrons. The Balaban J connectivity index is 1.78. The van der Waals surface area contributed by atoms with Crippen molar-refractivity contribution >= 4 is 11.6 Å². The Hall–Kier alpha value is -2.16. The number of hydrogen-bond acceptors (Lipinski definition) is 1. The Bertz CT molecular complexity index is 719. The lowest BCUT2D eigenvalue weighted by Gasteiger charge is -2.21. The molecule has 3 heteroatoms. The predicted octanol–water partition coefficient (Wildman–Crippen LogP) is 4.98. The van der Waals surface area contributed by atoms with Crippen LogP contribution in [-0.2, 0) is 12.8 Å². The minimum Gasteiger partial charge on any atom is -0.322 e. The highest BCUT2D eigenvalue weighted by molar-refractivity contribution is 6.04. The van der Waals surface area contributed by atoms with Crippen molar-refractivity contribution in [3.05, 3.63) is 65.0 Å². The van der Waals surface area contributed by atoms with Crippen LogP contribution in [0.2, 0.25) is 0 Å². The van der Waals surface area contributed by atoms with Crippen LogP contribution in [0, 0.1) is 11.2 Å². The molecule has 2 aromatic rings. The molecule has 120 valence electrons. The van der Waals surface area contributed by atoms with E-state index < -0.39 is 0 Å². The van der Waals surface area contributed by atoms with Crippen LogP contribution in [0.3, 0.4) is 0 Å². The fourth-order valence-corrected chi connectivity index (χ4v) is 3.05. The Labute approximate surface area is 136 Å². The zero-order valence-electron chi connectivity index (χ0n) is 13.7. The van der Waals surface area contributed by atoms with Crippen LogP contribution in [0.5, 0.6) is 0 Å². The molecule has 0 aromatic heterocycles. The number of fused-ring (bicyclic) bond motifs is 1. The average molecular weight is 311 g/mol. The zero-order valence-corrected chi connectivity index (χ0v) is 13.7. The van der Waals surface area contributed by atoms with Crippen LogP contribution in [0.25, 0.3) is 0 Å². The molecule has 2 aromatic carbocycles. The van der Waals surface area contributed by atoms with E-state index in [4.69, 9.17) is 0 Å². The van der Waals surface area contributed by atoms with Gasteiger partial charge in [0.05, 0.1) is 0 Å². The van der Waals surface area contributed by atoms with E-state index in [1.807, 2.05) is 12.1 Å². The molecule has 1 N–H and O–H groups in total. The lowest BCUT2D eigenvalue weighted by Crippen LogP contribution is -2.12. The summed E-state index contributed by atoms with van der Waals surface area (Å²) < 4.78 is 12.9. The SMILES string of the molecule is CC1(C)CCc2ccc(C(=O)Nc3ccc(F)cc3)cc2CC1. The molecule has 0 spiro atoms. The average Bonchev–Trinajstić information content (AvgIpc) is 2.68. The second kappa shape index (κ2) is 6.15. The summed E-state index contributed by atoms with van der Waals surface area (Å²) in [4.78, 5) is 12.4. The van der Waals surface area contributed by atoms with Crippen LogP contribution >= 0.6 is 0 Å². The van der Waals surface area contributed by atoms with Gasteiger partial charge in [-0.25, -0.2) is 4.39 Å². The highest BCUT2D eigenvalue weighted by atomic mass is 19.1. The molecule has 0 bridgehead atoms. The summed E-state index contributed by atoms with van der Waals surface area (Å²) in [7, 11) is 0. The minimum absolute atomic E-state index is 0.150. The monoisotopic (exact) mass is 311 g/mol. The summed E-state index contributed by atoms with van der Waals surface area (Å²) in [6.45, 7) is 4.61. The number of amides is 1. The maximum Gasteiger partial charge on any atom is 0.255 e. The zero-order chi connectivity index (χ0) is 16.4. The first-order valence-corrected chi connectivity index (χ1v) is 8.12.